The quantitative estimate of drug-likeness (QED) is 0.326. The van der Waals surface area contributed by atoms with Gasteiger partial charge < -0.3 is 4.74 Å². The average Bonchev–Trinajstić information content (AvgIpc) is 2.68. The lowest BCUT2D eigenvalue weighted by Crippen LogP contribution is -2.17. The van der Waals surface area contributed by atoms with Gasteiger partial charge in [0.25, 0.3) is 5.91 Å². The zero-order chi connectivity index (χ0) is 20.8. The highest BCUT2D eigenvalue weighted by Crippen LogP contribution is 2.34. The van der Waals surface area contributed by atoms with E-state index in [0.29, 0.717) is 37.0 Å². The second-order valence-electron chi connectivity index (χ2n) is 5.90. The first kappa shape index (κ1) is 21.5. The third kappa shape index (κ3) is 5.87. The number of ether oxygens (including phenoxy) is 1. The van der Waals surface area contributed by atoms with Gasteiger partial charge in [0.05, 0.1) is 16.3 Å². The van der Waals surface area contributed by atoms with Crippen LogP contribution in [0.2, 0.25) is 20.1 Å². The van der Waals surface area contributed by atoms with Crippen LogP contribution >= 0.6 is 46.4 Å². The Kier molecular flexibility index (Phi) is 7.40. The van der Waals surface area contributed by atoms with Gasteiger partial charge >= 0.3 is 0 Å². The molecule has 0 fully saturated rings. The second kappa shape index (κ2) is 9.99. The first-order valence-corrected chi connectivity index (χ1v) is 9.89. The second-order valence-corrected chi connectivity index (χ2v) is 7.56. The first-order valence-electron chi connectivity index (χ1n) is 8.38. The van der Waals surface area contributed by atoms with Crippen molar-refractivity contribution in [3.05, 3.63) is 97.4 Å². The molecular formula is C21H14Cl4N2O2. The smallest absolute Gasteiger partial charge is 0.271 e. The minimum atomic E-state index is -0.388. The van der Waals surface area contributed by atoms with E-state index in [0.717, 1.165) is 5.56 Å². The van der Waals surface area contributed by atoms with Gasteiger partial charge in [0.2, 0.25) is 0 Å². The monoisotopic (exact) mass is 466 g/mol. The van der Waals surface area contributed by atoms with Gasteiger partial charge in [-0.3, -0.25) is 4.79 Å². The molecule has 3 aromatic rings. The van der Waals surface area contributed by atoms with Crippen molar-refractivity contribution in [1.82, 2.24) is 5.43 Å². The SMILES string of the molecule is O=C(N/N=C\c1cc(Cl)c(OCc2ccccc2Cl)c(Cl)c1)c1cccc(Cl)c1. The summed E-state index contributed by atoms with van der Waals surface area (Å²) in [5.41, 5.74) is 4.23. The van der Waals surface area contributed by atoms with E-state index < -0.39 is 0 Å². The van der Waals surface area contributed by atoms with Crippen LogP contribution in [0.15, 0.2) is 65.8 Å². The van der Waals surface area contributed by atoms with E-state index in [4.69, 9.17) is 51.1 Å². The molecule has 0 aliphatic carbocycles. The van der Waals surface area contributed by atoms with E-state index in [9.17, 15) is 4.79 Å². The van der Waals surface area contributed by atoms with E-state index in [-0.39, 0.29) is 12.5 Å². The molecule has 0 unspecified atom stereocenters. The summed E-state index contributed by atoms with van der Waals surface area (Å²) in [6.07, 6.45) is 1.43. The molecule has 0 bridgehead atoms. The van der Waals surface area contributed by atoms with Crippen molar-refractivity contribution in [2.75, 3.05) is 0 Å². The molecule has 0 atom stereocenters. The van der Waals surface area contributed by atoms with E-state index in [2.05, 4.69) is 10.5 Å². The summed E-state index contributed by atoms with van der Waals surface area (Å²) < 4.78 is 5.73. The van der Waals surface area contributed by atoms with Crippen molar-refractivity contribution in [3.8, 4) is 5.75 Å². The molecule has 0 spiro atoms. The van der Waals surface area contributed by atoms with Crippen molar-refractivity contribution in [2.24, 2.45) is 5.10 Å². The van der Waals surface area contributed by atoms with Gasteiger partial charge in [0.1, 0.15) is 6.61 Å². The molecule has 0 radical (unpaired) electrons. The Morgan fingerprint density at radius 3 is 2.34 bits per heavy atom. The molecule has 1 N–H and O–H groups in total. The van der Waals surface area contributed by atoms with Crippen LogP contribution in [0.4, 0.5) is 0 Å². The molecule has 29 heavy (non-hydrogen) atoms. The maximum absolute atomic E-state index is 12.1. The molecule has 0 heterocycles. The summed E-state index contributed by atoms with van der Waals surface area (Å²) in [6, 6.07) is 17.1. The lowest BCUT2D eigenvalue weighted by atomic mass is 10.2. The van der Waals surface area contributed by atoms with Gasteiger partial charge in [-0.05, 0) is 42.0 Å². The number of carbonyl (C=O) groups excluding carboxylic acids is 1. The average molecular weight is 468 g/mol. The zero-order valence-corrected chi connectivity index (χ0v) is 17.9. The highest BCUT2D eigenvalue weighted by Gasteiger charge is 2.11. The first-order chi connectivity index (χ1) is 13.9. The Morgan fingerprint density at radius 2 is 1.66 bits per heavy atom. The number of hydrazone groups is 1. The Balaban J connectivity index is 1.66. The molecule has 1 amide bonds. The Bertz CT molecular complexity index is 1050. The lowest BCUT2D eigenvalue weighted by molar-refractivity contribution is 0.0955. The molecule has 148 valence electrons. The predicted octanol–water partition coefficient (Wildman–Crippen LogP) is 6.64. The normalized spacial score (nSPS) is 10.9. The number of amides is 1. The van der Waals surface area contributed by atoms with Gasteiger partial charge in [-0.25, -0.2) is 5.43 Å². The van der Waals surface area contributed by atoms with Crippen molar-refractivity contribution in [1.29, 1.82) is 0 Å². The number of halogens is 4. The third-order valence-electron chi connectivity index (χ3n) is 3.82. The minimum Gasteiger partial charge on any atom is -0.486 e. The van der Waals surface area contributed by atoms with Crippen molar-refractivity contribution in [2.45, 2.75) is 6.61 Å². The van der Waals surface area contributed by atoms with Gasteiger partial charge in [-0.2, -0.15) is 5.10 Å². The summed E-state index contributed by atoms with van der Waals surface area (Å²) >= 11 is 24.6. The van der Waals surface area contributed by atoms with Crippen LogP contribution in [0.5, 0.6) is 5.75 Å². The fourth-order valence-corrected chi connectivity index (χ4v) is 3.41. The molecule has 8 heteroatoms. The highest BCUT2D eigenvalue weighted by molar-refractivity contribution is 6.37. The molecule has 0 aliphatic heterocycles. The van der Waals surface area contributed by atoms with Gasteiger partial charge in [-0.1, -0.05) is 70.7 Å². The Hall–Kier alpha value is -2.24. The fourth-order valence-electron chi connectivity index (χ4n) is 2.42. The van der Waals surface area contributed by atoms with Crippen molar-refractivity contribution >= 4 is 58.5 Å². The van der Waals surface area contributed by atoms with Crippen molar-refractivity contribution in [3.63, 3.8) is 0 Å². The van der Waals surface area contributed by atoms with E-state index in [1.54, 1.807) is 42.5 Å². The number of benzene rings is 3. The minimum absolute atomic E-state index is 0.224. The number of rotatable bonds is 6. The standard InChI is InChI=1S/C21H14Cl4N2O2/c22-16-6-3-5-14(10-16)21(28)27-26-11-13-8-18(24)20(19(25)9-13)29-12-15-4-1-2-7-17(15)23/h1-11H,12H2,(H,27,28)/b26-11-. The maximum Gasteiger partial charge on any atom is 0.271 e. The van der Waals surface area contributed by atoms with Crippen LogP contribution in [0.1, 0.15) is 21.5 Å². The number of carbonyl (C=O) groups is 1. The van der Waals surface area contributed by atoms with Crippen LogP contribution < -0.4 is 10.2 Å². The van der Waals surface area contributed by atoms with Crippen LogP contribution in [0, 0.1) is 0 Å². The van der Waals surface area contributed by atoms with Crippen molar-refractivity contribution < 1.29 is 9.53 Å². The van der Waals surface area contributed by atoms with E-state index in [1.165, 1.54) is 6.21 Å². The Labute approximate surface area is 188 Å². The largest absolute Gasteiger partial charge is 0.486 e. The number of nitrogens with zero attached hydrogens (tertiary/aromatic N) is 1. The maximum atomic E-state index is 12.1. The number of hydrogen-bond acceptors (Lipinski definition) is 3. The molecule has 3 aromatic carbocycles. The topological polar surface area (TPSA) is 50.7 Å². The summed E-state index contributed by atoms with van der Waals surface area (Å²) in [7, 11) is 0. The van der Waals surface area contributed by atoms with Crippen LogP contribution in [0.25, 0.3) is 0 Å². The molecule has 0 aromatic heterocycles. The zero-order valence-electron chi connectivity index (χ0n) is 14.8. The van der Waals surface area contributed by atoms with Gasteiger partial charge in [-0.15, -0.1) is 0 Å². The molecule has 4 nitrogen and oxygen atoms in total. The summed E-state index contributed by atoms with van der Waals surface area (Å²) in [5.74, 6) is -0.0472. The molecular weight excluding hydrogens is 454 g/mol. The number of nitrogens with one attached hydrogen (secondary N) is 1. The highest BCUT2D eigenvalue weighted by atomic mass is 35.5. The molecule has 0 saturated carbocycles. The van der Waals surface area contributed by atoms with Crippen LogP contribution in [0.3, 0.4) is 0 Å². The predicted molar refractivity (Wildman–Crippen MR) is 119 cm³/mol. The molecule has 3 rings (SSSR count). The summed E-state index contributed by atoms with van der Waals surface area (Å²) in [4.78, 5) is 12.1. The van der Waals surface area contributed by atoms with Crippen LogP contribution in [-0.4, -0.2) is 12.1 Å². The summed E-state index contributed by atoms with van der Waals surface area (Å²) in [5, 5.41) is 5.61. The van der Waals surface area contributed by atoms with Gasteiger partial charge in [0, 0.05) is 21.2 Å². The molecule has 0 saturated heterocycles. The van der Waals surface area contributed by atoms with E-state index in [1.807, 2.05) is 18.2 Å². The van der Waals surface area contributed by atoms with E-state index >= 15 is 0 Å². The summed E-state index contributed by atoms with van der Waals surface area (Å²) in [6.45, 7) is 0.224. The lowest BCUT2D eigenvalue weighted by Gasteiger charge is -2.11. The molecule has 0 aliphatic rings. The Morgan fingerprint density at radius 1 is 0.931 bits per heavy atom. The van der Waals surface area contributed by atoms with Gasteiger partial charge in [0.15, 0.2) is 5.75 Å². The van der Waals surface area contributed by atoms with Crippen LogP contribution in [-0.2, 0) is 6.61 Å². The number of hydrogen-bond donors (Lipinski definition) is 1. The fraction of sp³-hybridized carbons (Fsp3) is 0.0476. The third-order valence-corrected chi connectivity index (χ3v) is 4.98.